The van der Waals surface area contributed by atoms with Gasteiger partial charge in [0.1, 0.15) is 5.76 Å². The van der Waals surface area contributed by atoms with Crippen LogP contribution in [0.1, 0.15) is 20.8 Å². The summed E-state index contributed by atoms with van der Waals surface area (Å²) in [5.74, 6) is 0.830. The molecule has 1 aromatic carbocycles. The molecule has 4 nitrogen and oxygen atoms in total. The SMILES string of the molecule is C\C=C(O)/C=C(C)/C(C)=C/C=C(\CO)C1CSC(=O)N1c1ccccc1. The predicted octanol–water partition coefficient (Wildman–Crippen LogP) is 5.00. The van der Waals surface area contributed by atoms with Crippen LogP contribution >= 0.6 is 11.8 Å². The standard InChI is InChI=1S/C21H25NO3S/c1-4-19(24)12-16(3)15(2)10-11-17(13-23)20-14-26-21(25)22(20)18-8-6-5-7-9-18/h4-12,20,23-24H,13-14H2,1-3H3/b15-10+,16-12+,17-11+,19-4+. The molecule has 1 fully saturated rings. The lowest BCUT2D eigenvalue weighted by Gasteiger charge is -2.25. The van der Waals surface area contributed by atoms with E-state index in [1.807, 2.05) is 56.3 Å². The Kier molecular flexibility index (Phi) is 7.30. The molecule has 0 aliphatic carbocycles. The van der Waals surface area contributed by atoms with Gasteiger partial charge in [-0.2, -0.15) is 0 Å². The van der Waals surface area contributed by atoms with Crippen LogP contribution in [0, 0.1) is 0 Å². The van der Waals surface area contributed by atoms with Gasteiger partial charge in [0.2, 0.25) is 0 Å². The summed E-state index contributed by atoms with van der Waals surface area (Å²) in [6.07, 6.45) is 7.12. The molecule has 1 unspecified atom stereocenters. The van der Waals surface area contributed by atoms with E-state index in [1.54, 1.807) is 24.0 Å². The fraction of sp³-hybridized carbons (Fsp3) is 0.286. The van der Waals surface area contributed by atoms with Gasteiger partial charge in [0.15, 0.2) is 0 Å². The minimum Gasteiger partial charge on any atom is -0.508 e. The smallest absolute Gasteiger partial charge is 0.286 e. The maximum atomic E-state index is 12.3. The van der Waals surface area contributed by atoms with Crippen LogP contribution in [0.15, 0.2) is 77.1 Å². The van der Waals surface area contributed by atoms with Gasteiger partial charge >= 0.3 is 0 Å². The van der Waals surface area contributed by atoms with E-state index in [1.165, 1.54) is 11.8 Å². The van der Waals surface area contributed by atoms with Crippen molar-refractivity contribution in [1.82, 2.24) is 0 Å². The number of thioether (sulfide) groups is 1. The van der Waals surface area contributed by atoms with Gasteiger partial charge in [0, 0.05) is 11.4 Å². The molecule has 0 aromatic heterocycles. The summed E-state index contributed by atoms with van der Waals surface area (Å²) in [7, 11) is 0. The molecular formula is C21H25NO3S. The van der Waals surface area contributed by atoms with Gasteiger partial charge in [-0.1, -0.05) is 42.1 Å². The highest BCUT2D eigenvalue weighted by Crippen LogP contribution is 2.33. The molecule has 1 amide bonds. The fourth-order valence-electron chi connectivity index (χ4n) is 2.62. The molecule has 2 N–H and O–H groups in total. The quantitative estimate of drug-likeness (QED) is 0.546. The number of aliphatic hydroxyl groups is 2. The zero-order valence-electron chi connectivity index (χ0n) is 15.3. The van der Waals surface area contributed by atoms with Crippen LogP contribution in [0.2, 0.25) is 0 Å². The van der Waals surface area contributed by atoms with Crippen molar-refractivity contribution in [2.24, 2.45) is 0 Å². The second-order valence-corrected chi connectivity index (χ2v) is 7.06. The number of nitrogens with zero attached hydrogens (tertiary/aromatic N) is 1. The van der Waals surface area contributed by atoms with E-state index in [9.17, 15) is 15.0 Å². The Labute approximate surface area is 159 Å². The number of allylic oxidation sites excluding steroid dienone is 6. The largest absolute Gasteiger partial charge is 0.508 e. The first kappa shape index (κ1) is 20.1. The lowest BCUT2D eigenvalue weighted by Crippen LogP contribution is -2.35. The van der Waals surface area contributed by atoms with Crippen LogP contribution in [0.25, 0.3) is 0 Å². The van der Waals surface area contributed by atoms with Crippen LogP contribution in [0.4, 0.5) is 10.5 Å². The summed E-state index contributed by atoms with van der Waals surface area (Å²) in [5.41, 5.74) is 3.54. The Morgan fingerprint density at radius 2 is 1.92 bits per heavy atom. The van der Waals surface area contributed by atoms with Crippen LogP contribution < -0.4 is 4.90 Å². The van der Waals surface area contributed by atoms with Crippen LogP contribution in [0.3, 0.4) is 0 Å². The first-order valence-corrected chi connectivity index (χ1v) is 9.49. The van der Waals surface area contributed by atoms with E-state index in [4.69, 9.17) is 0 Å². The minimum absolute atomic E-state index is 0.00432. The average Bonchev–Trinajstić information content (AvgIpc) is 3.04. The molecule has 0 saturated carbocycles. The number of carbonyl (C=O) groups excluding carboxylic acids is 1. The lowest BCUT2D eigenvalue weighted by molar-refractivity contribution is 0.264. The molecule has 1 aliphatic heterocycles. The third-order valence-electron chi connectivity index (χ3n) is 4.35. The predicted molar refractivity (Wildman–Crippen MR) is 110 cm³/mol. The zero-order valence-corrected chi connectivity index (χ0v) is 16.2. The molecule has 1 saturated heterocycles. The normalized spacial score (nSPS) is 20.1. The van der Waals surface area contributed by atoms with Crippen molar-refractivity contribution in [3.05, 3.63) is 77.1 Å². The molecule has 26 heavy (non-hydrogen) atoms. The highest BCUT2D eigenvalue weighted by Gasteiger charge is 2.34. The van der Waals surface area contributed by atoms with E-state index in [-0.39, 0.29) is 23.6 Å². The molecule has 0 bridgehead atoms. The molecule has 1 heterocycles. The highest BCUT2D eigenvalue weighted by atomic mass is 32.2. The van der Waals surface area contributed by atoms with Crippen molar-refractivity contribution in [2.75, 3.05) is 17.3 Å². The molecular weight excluding hydrogens is 346 g/mol. The Bertz CT molecular complexity index is 763. The van der Waals surface area contributed by atoms with Crippen molar-refractivity contribution >= 4 is 22.7 Å². The maximum absolute atomic E-state index is 12.3. The van der Waals surface area contributed by atoms with Crippen molar-refractivity contribution in [3.63, 3.8) is 0 Å². The first-order valence-electron chi connectivity index (χ1n) is 8.51. The molecule has 138 valence electrons. The number of benzene rings is 1. The summed E-state index contributed by atoms with van der Waals surface area (Å²) >= 11 is 1.27. The number of amides is 1. The van der Waals surface area contributed by atoms with Crippen molar-refractivity contribution in [2.45, 2.75) is 26.8 Å². The van der Waals surface area contributed by atoms with Gasteiger partial charge in [-0.25, -0.2) is 0 Å². The average molecular weight is 372 g/mol. The second-order valence-electron chi connectivity index (χ2n) is 6.09. The molecule has 0 radical (unpaired) electrons. The van der Waals surface area contributed by atoms with Gasteiger partial charge < -0.3 is 10.2 Å². The Balaban J connectivity index is 2.29. The molecule has 1 atom stereocenters. The molecule has 5 heteroatoms. The first-order chi connectivity index (χ1) is 12.5. The van der Waals surface area contributed by atoms with Crippen molar-refractivity contribution in [3.8, 4) is 0 Å². The number of rotatable bonds is 6. The number of carbonyl (C=O) groups is 1. The monoisotopic (exact) mass is 371 g/mol. The highest BCUT2D eigenvalue weighted by molar-refractivity contribution is 8.14. The van der Waals surface area contributed by atoms with E-state index in [2.05, 4.69) is 0 Å². The fourth-order valence-corrected chi connectivity index (χ4v) is 3.66. The maximum Gasteiger partial charge on any atom is 0.286 e. The van der Waals surface area contributed by atoms with Gasteiger partial charge in [0.05, 0.1) is 12.6 Å². The van der Waals surface area contributed by atoms with Crippen molar-refractivity contribution in [1.29, 1.82) is 0 Å². The Morgan fingerprint density at radius 3 is 2.54 bits per heavy atom. The zero-order chi connectivity index (χ0) is 19.1. The number of aliphatic hydroxyl groups excluding tert-OH is 2. The van der Waals surface area contributed by atoms with Crippen LogP contribution in [-0.2, 0) is 0 Å². The van der Waals surface area contributed by atoms with Crippen LogP contribution in [0.5, 0.6) is 0 Å². The lowest BCUT2D eigenvalue weighted by atomic mass is 10.0. The van der Waals surface area contributed by atoms with Gasteiger partial charge in [-0.15, -0.1) is 0 Å². The summed E-state index contributed by atoms with van der Waals surface area (Å²) < 4.78 is 0. The van der Waals surface area contributed by atoms with Crippen molar-refractivity contribution < 1.29 is 15.0 Å². The van der Waals surface area contributed by atoms with Gasteiger partial charge in [-0.3, -0.25) is 9.69 Å². The molecule has 1 aliphatic rings. The number of hydrogen-bond donors (Lipinski definition) is 2. The topological polar surface area (TPSA) is 60.8 Å². The van der Waals surface area contributed by atoms with E-state index < -0.39 is 0 Å². The number of para-hydroxylation sites is 1. The summed E-state index contributed by atoms with van der Waals surface area (Å²) in [6, 6.07) is 9.35. The Morgan fingerprint density at radius 1 is 1.23 bits per heavy atom. The van der Waals surface area contributed by atoms with Gasteiger partial charge in [0.25, 0.3) is 5.24 Å². The summed E-state index contributed by atoms with van der Waals surface area (Å²) in [5, 5.41) is 19.5. The van der Waals surface area contributed by atoms with Crippen LogP contribution in [-0.4, -0.2) is 33.9 Å². The summed E-state index contributed by atoms with van der Waals surface area (Å²) in [4.78, 5) is 14.1. The third-order valence-corrected chi connectivity index (χ3v) is 5.27. The number of hydrogen-bond acceptors (Lipinski definition) is 4. The van der Waals surface area contributed by atoms with E-state index >= 15 is 0 Å². The second kappa shape index (κ2) is 9.46. The van der Waals surface area contributed by atoms with E-state index in [0.717, 1.165) is 22.4 Å². The molecule has 0 spiro atoms. The van der Waals surface area contributed by atoms with Gasteiger partial charge in [-0.05, 0) is 61.8 Å². The third kappa shape index (κ3) is 4.90. The Hall–Kier alpha value is -2.24. The van der Waals surface area contributed by atoms with E-state index in [0.29, 0.717) is 5.75 Å². The summed E-state index contributed by atoms with van der Waals surface area (Å²) in [6.45, 7) is 5.52. The minimum atomic E-state index is -0.169. The molecule has 2 rings (SSSR count). The number of anilines is 1. The molecule has 1 aromatic rings.